The number of benzene rings is 1. The first kappa shape index (κ1) is 19.1. The zero-order chi connectivity index (χ0) is 18.8. The van der Waals surface area contributed by atoms with Crippen LogP contribution in [0, 0.1) is 12.9 Å². The molecular formula is C21H26FNO2. The van der Waals surface area contributed by atoms with E-state index in [0.29, 0.717) is 0 Å². The Balaban J connectivity index is 2.58. The van der Waals surface area contributed by atoms with Gasteiger partial charge in [0.1, 0.15) is 5.60 Å². The number of nitrogens with zero attached hydrogens (tertiary/aromatic N) is 1. The number of aryl methyl sites for hydroxylation is 1. The highest BCUT2D eigenvalue weighted by atomic mass is 19.1. The molecule has 2 aromatic rings. The van der Waals surface area contributed by atoms with Gasteiger partial charge in [-0.1, -0.05) is 26.0 Å². The maximum absolute atomic E-state index is 13.7. The third-order valence-electron chi connectivity index (χ3n) is 3.94. The summed E-state index contributed by atoms with van der Waals surface area (Å²) in [5.41, 5.74) is 4.04. The maximum Gasteiger partial charge on any atom is 0.310 e. The Morgan fingerprint density at radius 3 is 2.48 bits per heavy atom. The van der Waals surface area contributed by atoms with Crippen molar-refractivity contribution in [1.82, 2.24) is 4.98 Å². The van der Waals surface area contributed by atoms with Crippen LogP contribution in [-0.4, -0.2) is 16.6 Å². The molecule has 0 N–H and O–H groups in total. The predicted molar refractivity (Wildman–Crippen MR) is 98.0 cm³/mol. The van der Waals surface area contributed by atoms with Gasteiger partial charge in [-0.3, -0.25) is 4.79 Å². The molecule has 0 amide bonds. The molecule has 134 valence electrons. The zero-order valence-electron chi connectivity index (χ0n) is 15.8. The molecule has 0 unspecified atom stereocenters. The molecular weight excluding hydrogens is 317 g/mol. The quantitative estimate of drug-likeness (QED) is 0.565. The molecule has 4 heteroatoms. The molecule has 0 atom stereocenters. The number of carbonyl (C=O) groups is 1. The smallest absolute Gasteiger partial charge is 0.310 e. The van der Waals surface area contributed by atoms with Crippen molar-refractivity contribution in [3.05, 3.63) is 53.1 Å². The van der Waals surface area contributed by atoms with Gasteiger partial charge in [-0.2, -0.15) is 4.39 Å². The summed E-state index contributed by atoms with van der Waals surface area (Å²) >= 11 is 0. The van der Waals surface area contributed by atoms with Gasteiger partial charge in [0, 0.05) is 12.3 Å². The van der Waals surface area contributed by atoms with Gasteiger partial charge < -0.3 is 4.74 Å². The van der Waals surface area contributed by atoms with Crippen molar-refractivity contribution in [2.75, 3.05) is 0 Å². The first-order valence-electron chi connectivity index (χ1n) is 8.54. The fourth-order valence-corrected chi connectivity index (χ4v) is 2.99. The van der Waals surface area contributed by atoms with Crippen molar-refractivity contribution in [3.8, 4) is 11.1 Å². The topological polar surface area (TPSA) is 39.2 Å². The number of ether oxygens (including phenoxy) is 1. The number of carbonyl (C=O) groups excluding carboxylic acids is 1. The van der Waals surface area contributed by atoms with E-state index < -0.39 is 11.5 Å². The lowest BCUT2D eigenvalue weighted by atomic mass is 9.86. The average Bonchev–Trinajstić information content (AvgIpc) is 2.44. The number of rotatable bonds is 4. The monoisotopic (exact) mass is 343 g/mol. The van der Waals surface area contributed by atoms with E-state index in [2.05, 4.69) is 18.8 Å². The summed E-state index contributed by atoms with van der Waals surface area (Å²) in [6, 6.07) is 7.24. The standard InChI is InChI=1S/C21H26FNO2/c1-13(2)16-8-7-14(3)20(15-9-10-23-18(22)11-15)17(16)12-19(24)25-21(4,5)6/h7-11,13H,12H2,1-6H3. The summed E-state index contributed by atoms with van der Waals surface area (Å²) in [5.74, 6) is -0.575. The Hall–Kier alpha value is -2.23. The summed E-state index contributed by atoms with van der Waals surface area (Å²) in [7, 11) is 0. The third kappa shape index (κ3) is 4.88. The van der Waals surface area contributed by atoms with Crippen LogP contribution in [-0.2, 0) is 16.0 Å². The minimum absolute atomic E-state index is 0.158. The fraction of sp³-hybridized carbons (Fsp3) is 0.429. The minimum atomic E-state index is -0.540. The zero-order valence-corrected chi connectivity index (χ0v) is 15.8. The number of aromatic nitrogens is 1. The second kappa shape index (κ2) is 7.34. The largest absolute Gasteiger partial charge is 0.460 e. The van der Waals surface area contributed by atoms with Gasteiger partial charge in [0.2, 0.25) is 5.95 Å². The molecule has 0 radical (unpaired) electrons. The lowest BCUT2D eigenvalue weighted by molar-refractivity contribution is -0.153. The van der Waals surface area contributed by atoms with Crippen LogP contribution in [0.1, 0.15) is 57.2 Å². The molecule has 0 aliphatic carbocycles. The van der Waals surface area contributed by atoms with E-state index >= 15 is 0 Å². The Kier molecular flexibility index (Phi) is 5.61. The van der Waals surface area contributed by atoms with Crippen LogP contribution in [0.2, 0.25) is 0 Å². The van der Waals surface area contributed by atoms with Crippen LogP contribution >= 0.6 is 0 Å². The second-order valence-electron chi connectivity index (χ2n) is 7.61. The van der Waals surface area contributed by atoms with Gasteiger partial charge in [-0.15, -0.1) is 0 Å². The SMILES string of the molecule is Cc1ccc(C(C)C)c(CC(=O)OC(C)(C)C)c1-c1ccnc(F)c1. The molecule has 0 aliphatic heterocycles. The van der Waals surface area contributed by atoms with Crippen LogP contribution in [0.4, 0.5) is 4.39 Å². The first-order chi connectivity index (χ1) is 11.6. The summed E-state index contributed by atoms with van der Waals surface area (Å²) in [6.45, 7) is 11.7. The van der Waals surface area contributed by atoms with Crippen molar-refractivity contribution in [2.45, 2.75) is 59.5 Å². The molecule has 2 rings (SSSR count). The highest BCUT2D eigenvalue weighted by molar-refractivity contribution is 5.80. The Morgan fingerprint density at radius 2 is 1.92 bits per heavy atom. The highest BCUT2D eigenvalue weighted by Gasteiger charge is 2.22. The molecule has 0 fully saturated rings. The number of pyridine rings is 1. The molecule has 0 spiro atoms. The van der Waals surface area contributed by atoms with Crippen molar-refractivity contribution in [1.29, 1.82) is 0 Å². The fourth-order valence-electron chi connectivity index (χ4n) is 2.99. The van der Waals surface area contributed by atoms with Gasteiger partial charge in [-0.05, 0) is 67.5 Å². The van der Waals surface area contributed by atoms with E-state index in [4.69, 9.17) is 4.74 Å². The minimum Gasteiger partial charge on any atom is -0.460 e. The van der Waals surface area contributed by atoms with Crippen LogP contribution in [0.5, 0.6) is 0 Å². The summed E-state index contributed by atoms with van der Waals surface area (Å²) in [6.07, 6.45) is 1.61. The number of esters is 1. The molecule has 0 saturated heterocycles. The average molecular weight is 343 g/mol. The van der Waals surface area contributed by atoms with E-state index in [1.165, 1.54) is 12.3 Å². The van der Waals surface area contributed by atoms with Crippen LogP contribution in [0.25, 0.3) is 11.1 Å². The maximum atomic E-state index is 13.7. The Labute approximate surface area is 149 Å². The van der Waals surface area contributed by atoms with Crippen LogP contribution < -0.4 is 0 Å². The van der Waals surface area contributed by atoms with E-state index in [0.717, 1.165) is 27.8 Å². The molecule has 1 aromatic carbocycles. The van der Waals surface area contributed by atoms with E-state index in [1.807, 2.05) is 39.8 Å². The van der Waals surface area contributed by atoms with Crippen molar-refractivity contribution >= 4 is 5.97 Å². The number of halogens is 1. The van der Waals surface area contributed by atoms with Gasteiger partial charge in [0.15, 0.2) is 0 Å². The van der Waals surface area contributed by atoms with Crippen molar-refractivity contribution in [2.24, 2.45) is 0 Å². The summed E-state index contributed by atoms with van der Waals surface area (Å²) in [4.78, 5) is 16.1. The molecule has 1 aromatic heterocycles. The lowest BCUT2D eigenvalue weighted by Crippen LogP contribution is -2.25. The number of hydrogen-bond donors (Lipinski definition) is 0. The predicted octanol–water partition coefficient (Wildman–Crippen LogP) is 5.20. The van der Waals surface area contributed by atoms with E-state index in [1.54, 1.807) is 6.07 Å². The van der Waals surface area contributed by atoms with Crippen molar-refractivity contribution < 1.29 is 13.9 Å². The molecule has 25 heavy (non-hydrogen) atoms. The highest BCUT2D eigenvalue weighted by Crippen LogP contribution is 2.34. The van der Waals surface area contributed by atoms with E-state index in [9.17, 15) is 9.18 Å². The van der Waals surface area contributed by atoms with Gasteiger partial charge in [-0.25, -0.2) is 4.98 Å². The van der Waals surface area contributed by atoms with Crippen LogP contribution in [0.3, 0.4) is 0 Å². The number of hydrogen-bond acceptors (Lipinski definition) is 3. The molecule has 1 heterocycles. The third-order valence-corrected chi connectivity index (χ3v) is 3.94. The normalized spacial score (nSPS) is 11.7. The molecule has 0 saturated carbocycles. The van der Waals surface area contributed by atoms with Gasteiger partial charge in [0.25, 0.3) is 0 Å². The summed E-state index contributed by atoms with van der Waals surface area (Å²) in [5, 5.41) is 0. The Morgan fingerprint density at radius 1 is 1.24 bits per heavy atom. The lowest BCUT2D eigenvalue weighted by Gasteiger charge is -2.23. The van der Waals surface area contributed by atoms with Crippen molar-refractivity contribution in [3.63, 3.8) is 0 Å². The van der Waals surface area contributed by atoms with Crippen LogP contribution in [0.15, 0.2) is 30.5 Å². The molecule has 3 nitrogen and oxygen atoms in total. The summed E-state index contributed by atoms with van der Waals surface area (Å²) < 4.78 is 19.2. The van der Waals surface area contributed by atoms with Gasteiger partial charge >= 0.3 is 5.97 Å². The second-order valence-corrected chi connectivity index (χ2v) is 7.61. The van der Waals surface area contributed by atoms with Gasteiger partial charge in [0.05, 0.1) is 6.42 Å². The molecule has 0 bridgehead atoms. The van der Waals surface area contributed by atoms with E-state index in [-0.39, 0.29) is 18.3 Å². The Bertz CT molecular complexity index is 776. The first-order valence-corrected chi connectivity index (χ1v) is 8.54. The molecule has 0 aliphatic rings.